The van der Waals surface area contributed by atoms with Crippen molar-refractivity contribution in [3.05, 3.63) is 0 Å². The highest BCUT2D eigenvalue weighted by Gasteiger charge is 2.18. The standard InChI is InChI=1S/C8H15NO3/c1-3-4-8(7(11)5-9)12-6(2)10/h8H,3-5,9H2,1-2H3. The smallest absolute Gasteiger partial charge is 0.303 e. The first kappa shape index (κ1) is 11.1. The van der Waals surface area contributed by atoms with Crippen LogP contribution in [0.3, 0.4) is 0 Å². The predicted molar refractivity (Wildman–Crippen MR) is 44.5 cm³/mol. The van der Waals surface area contributed by atoms with Crippen LogP contribution in [-0.2, 0) is 14.3 Å². The Morgan fingerprint density at radius 1 is 1.50 bits per heavy atom. The summed E-state index contributed by atoms with van der Waals surface area (Å²) in [7, 11) is 0. The van der Waals surface area contributed by atoms with Crippen LogP contribution in [0.5, 0.6) is 0 Å². The molecule has 1 atom stereocenters. The Bertz CT molecular complexity index is 168. The van der Waals surface area contributed by atoms with Crippen molar-refractivity contribution in [2.75, 3.05) is 6.54 Å². The maximum Gasteiger partial charge on any atom is 0.303 e. The van der Waals surface area contributed by atoms with E-state index in [-0.39, 0.29) is 12.3 Å². The lowest BCUT2D eigenvalue weighted by atomic mass is 10.1. The molecule has 70 valence electrons. The van der Waals surface area contributed by atoms with Crippen molar-refractivity contribution < 1.29 is 14.3 Å². The van der Waals surface area contributed by atoms with E-state index in [9.17, 15) is 9.59 Å². The number of ether oxygens (including phenoxy) is 1. The van der Waals surface area contributed by atoms with E-state index in [1.54, 1.807) is 0 Å². The summed E-state index contributed by atoms with van der Waals surface area (Å²) in [5.41, 5.74) is 5.14. The predicted octanol–water partition coefficient (Wildman–Crippen LogP) is 0.246. The van der Waals surface area contributed by atoms with E-state index in [0.717, 1.165) is 6.42 Å². The van der Waals surface area contributed by atoms with E-state index in [4.69, 9.17) is 10.5 Å². The second-order valence-electron chi connectivity index (χ2n) is 2.56. The molecule has 0 saturated carbocycles. The van der Waals surface area contributed by atoms with Crippen LogP contribution in [-0.4, -0.2) is 24.4 Å². The van der Waals surface area contributed by atoms with Gasteiger partial charge in [0.1, 0.15) is 0 Å². The summed E-state index contributed by atoms with van der Waals surface area (Å²) < 4.78 is 4.77. The van der Waals surface area contributed by atoms with Crippen LogP contribution in [0, 0.1) is 0 Å². The van der Waals surface area contributed by atoms with Gasteiger partial charge in [-0.3, -0.25) is 9.59 Å². The summed E-state index contributed by atoms with van der Waals surface area (Å²) in [6.07, 6.45) is 0.705. The minimum Gasteiger partial charge on any atom is -0.454 e. The Morgan fingerprint density at radius 3 is 2.42 bits per heavy atom. The monoisotopic (exact) mass is 173 g/mol. The minimum absolute atomic E-state index is 0.0715. The van der Waals surface area contributed by atoms with E-state index in [1.165, 1.54) is 6.92 Å². The van der Waals surface area contributed by atoms with Crippen molar-refractivity contribution >= 4 is 11.8 Å². The number of nitrogens with two attached hydrogens (primary N) is 1. The topological polar surface area (TPSA) is 69.4 Å². The molecule has 0 aliphatic carbocycles. The molecule has 0 rings (SSSR count). The molecule has 2 N–H and O–H groups in total. The molecule has 0 aromatic rings. The number of esters is 1. The number of hydrogen-bond donors (Lipinski definition) is 1. The summed E-state index contributed by atoms with van der Waals surface area (Å²) in [4.78, 5) is 21.6. The number of rotatable bonds is 5. The van der Waals surface area contributed by atoms with Gasteiger partial charge in [0.2, 0.25) is 0 Å². The molecule has 0 fully saturated rings. The molecule has 0 aromatic heterocycles. The van der Waals surface area contributed by atoms with Crippen molar-refractivity contribution in [3.8, 4) is 0 Å². The summed E-state index contributed by atoms with van der Waals surface area (Å²) in [5, 5.41) is 0. The van der Waals surface area contributed by atoms with Crippen LogP contribution in [0.2, 0.25) is 0 Å². The zero-order chi connectivity index (χ0) is 9.56. The molecule has 1 unspecified atom stereocenters. The van der Waals surface area contributed by atoms with Gasteiger partial charge in [-0.15, -0.1) is 0 Å². The Morgan fingerprint density at radius 2 is 2.08 bits per heavy atom. The lowest BCUT2D eigenvalue weighted by Crippen LogP contribution is -2.31. The van der Waals surface area contributed by atoms with Crippen molar-refractivity contribution in [3.63, 3.8) is 0 Å². The number of carbonyl (C=O) groups is 2. The van der Waals surface area contributed by atoms with Gasteiger partial charge in [-0.1, -0.05) is 13.3 Å². The molecule has 0 aliphatic heterocycles. The highest BCUT2D eigenvalue weighted by molar-refractivity contribution is 5.86. The number of carbonyl (C=O) groups excluding carboxylic acids is 2. The first-order chi connectivity index (χ1) is 5.61. The fourth-order valence-electron chi connectivity index (χ4n) is 0.880. The van der Waals surface area contributed by atoms with Gasteiger partial charge >= 0.3 is 5.97 Å². The number of Topliss-reactive ketones (excluding diaryl/α,β-unsaturated/α-hetero) is 1. The Labute approximate surface area is 72.1 Å². The van der Waals surface area contributed by atoms with Crippen molar-refractivity contribution in [1.29, 1.82) is 0 Å². The van der Waals surface area contributed by atoms with Crippen LogP contribution < -0.4 is 5.73 Å². The van der Waals surface area contributed by atoms with Gasteiger partial charge in [-0.25, -0.2) is 0 Å². The molecule has 12 heavy (non-hydrogen) atoms. The van der Waals surface area contributed by atoms with Crippen molar-refractivity contribution in [2.45, 2.75) is 32.8 Å². The zero-order valence-electron chi connectivity index (χ0n) is 7.50. The molecule has 0 amide bonds. The molecule has 0 aromatic carbocycles. The van der Waals surface area contributed by atoms with Gasteiger partial charge in [0.05, 0.1) is 6.54 Å². The highest BCUT2D eigenvalue weighted by atomic mass is 16.5. The lowest BCUT2D eigenvalue weighted by Gasteiger charge is -2.13. The summed E-state index contributed by atoms with van der Waals surface area (Å²) in [5.74, 6) is -0.651. The van der Waals surface area contributed by atoms with Gasteiger partial charge < -0.3 is 10.5 Å². The quantitative estimate of drug-likeness (QED) is 0.605. The molecule has 0 saturated heterocycles. The van der Waals surface area contributed by atoms with Crippen LogP contribution >= 0.6 is 0 Å². The van der Waals surface area contributed by atoms with Crippen LogP contribution in [0.4, 0.5) is 0 Å². The summed E-state index contributed by atoms with van der Waals surface area (Å²) in [6, 6.07) is 0. The number of ketones is 1. The number of hydrogen-bond acceptors (Lipinski definition) is 4. The summed E-state index contributed by atoms with van der Waals surface area (Å²) in [6.45, 7) is 3.13. The Balaban J connectivity index is 4.02. The maximum atomic E-state index is 11.0. The second-order valence-corrected chi connectivity index (χ2v) is 2.56. The second kappa shape index (κ2) is 5.71. The van der Waals surface area contributed by atoms with Gasteiger partial charge in [0.25, 0.3) is 0 Å². The van der Waals surface area contributed by atoms with Gasteiger partial charge in [-0.05, 0) is 6.42 Å². The Kier molecular flexibility index (Phi) is 5.28. The third kappa shape index (κ3) is 4.08. The summed E-state index contributed by atoms with van der Waals surface area (Å²) >= 11 is 0. The van der Waals surface area contributed by atoms with Gasteiger partial charge in [0, 0.05) is 6.92 Å². The van der Waals surface area contributed by atoms with E-state index < -0.39 is 12.1 Å². The molecule has 0 bridgehead atoms. The molecule has 0 radical (unpaired) electrons. The van der Waals surface area contributed by atoms with E-state index in [0.29, 0.717) is 6.42 Å². The van der Waals surface area contributed by atoms with E-state index in [2.05, 4.69) is 0 Å². The third-order valence-electron chi connectivity index (χ3n) is 1.42. The average Bonchev–Trinajstić information content (AvgIpc) is 2.01. The molecule has 4 heteroatoms. The fraction of sp³-hybridized carbons (Fsp3) is 0.750. The molecule has 0 spiro atoms. The largest absolute Gasteiger partial charge is 0.454 e. The molecular formula is C8H15NO3. The molecule has 0 heterocycles. The first-order valence-electron chi connectivity index (χ1n) is 4.01. The Hall–Kier alpha value is -0.900. The van der Waals surface area contributed by atoms with E-state index in [1.807, 2.05) is 6.92 Å². The zero-order valence-corrected chi connectivity index (χ0v) is 7.50. The van der Waals surface area contributed by atoms with E-state index >= 15 is 0 Å². The molecular weight excluding hydrogens is 158 g/mol. The van der Waals surface area contributed by atoms with Gasteiger partial charge in [0.15, 0.2) is 11.9 Å². The molecule has 0 aliphatic rings. The SMILES string of the molecule is CCCC(OC(C)=O)C(=O)CN. The van der Waals surface area contributed by atoms with Crippen molar-refractivity contribution in [1.82, 2.24) is 0 Å². The lowest BCUT2D eigenvalue weighted by molar-refractivity contribution is -0.152. The van der Waals surface area contributed by atoms with Crippen molar-refractivity contribution in [2.24, 2.45) is 5.73 Å². The third-order valence-corrected chi connectivity index (χ3v) is 1.42. The average molecular weight is 173 g/mol. The fourth-order valence-corrected chi connectivity index (χ4v) is 0.880. The van der Waals surface area contributed by atoms with Crippen LogP contribution in [0.25, 0.3) is 0 Å². The first-order valence-corrected chi connectivity index (χ1v) is 4.01. The van der Waals surface area contributed by atoms with Gasteiger partial charge in [-0.2, -0.15) is 0 Å². The van der Waals surface area contributed by atoms with Crippen LogP contribution in [0.15, 0.2) is 0 Å². The maximum absolute atomic E-state index is 11.0. The molecule has 4 nitrogen and oxygen atoms in total. The van der Waals surface area contributed by atoms with Crippen LogP contribution in [0.1, 0.15) is 26.7 Å². The normalized spacial score (nSPS) is 12.2. The highest BCUT2D eigenvalue weighted by Crippen LogP contribution is 2.03. The minimum atomic E-state index is -0.641.